The fourth-order valence-corrected chi connectivity index (χ4v) is 2.70. The van der Waals surface area contributed by atoms with Crippen molar-refractivity contribution in [3.63, 3.8) is 0 Å². The molecule has 1 heterocycles. The normalized spacial score (nSPS) is 21.5. The molecular formula is C15H18F2N2O2. The Morgan fingerprint density at radius 1 is 1.33 bits per heavy atom. The Labute approximate surface area is 121 Å². The van der Waals surface area contributed by atoms with Gasteiger partial charge in [0.05, 0.1) is 12.3 Å². The maximum absolute atomic E-state index is 14.0. The van der Waals surface area contributed by atoms with Crippen molar-refractivity contribution < 1.29 is 18.3 Å². The number of ether oxygens (including phenoxy) is 1. The van der Waals surface area contributed by atoms with Gasteiger partial charge in [0.1, 0.15) is 11.4 Å². The molecule has 1 atom stereocenters. The fraction of sp³-hybridized carbons (Fsp3) is 0.533. The quantitative estimate of drug-likeness (QED) is 0.867. The topological polar surface area (TPSA) is 55.6 Å². The first kappa shape index (κ1) is 14.3. The lowest BCUT2D eigenvalue weighted by Crippen LogP contribution is -2.38. The number of carbonyl (C=O) groups excluding carboxylic acids is 1. The molecule has 1 aliphatic carbocycles. The first-order valence-corrected chi connectivity index (χ1v) is 7.20. The predicted octanol–water partition coefficient (Wildman–Crippen LogP) is 2.19. The van der Waals surface area contributed by atoms with Crippen LogP contribution in [0.1, 0.15) is 29.6 Å². The second-order valence-electron chi connectivity index (χ2n) is 5.74. The molecule has 0 radical (unpaired) electrons. The fourth-order valence-electron chi connectivity index (χ4n) is 2.70. The number of nitrogens with two attached hydrogens (primary N) is 1. The van der Waals surface area contributed by atoms with Gasteiger partial charge in [-0.25, -0.2) is 8.78 Å². The smallest absolute Gasteiger partial charge is 0.260 e. The van der Waals surface area contributed by atoms with E-state index >= 15 is 0 Å². The Bertz CT molecular complexity index is 555. The van der Waals surface area contributed by atoms with Gasteiger partial charge in [0.2, 0.25) is 0 Å². The highest BCUT2D eigenvalue weighted by molar-refractivity contribution is 5.96. The Balaban J connectivity index is 1.85. The zero-order valence-electron chi connectivity index (χ0n) is 11.6. The van der Waals surface area contributed by atoms with Crippen LogP contribution in [-0.4, -0.2) is 36.6 Å². The molecule has 1 saturated heterocycles. The molecule has 6 heteroatoms. The van der Waals surface area contributed by atoms with Crippen LogP contribution in [-0.2, 0) is 4.74 Å². The van der Waals surface area contributed by atoms with Crippen molar-refractivity contribution >= 4 is 11.6 Å². The largest absolute Gasteiger partial charge is 0.396 e. The van der Waals surface area contributed by atoms with Crippen LogP contribution in [0.4, 0.5) is 14.5 Å². The summed E-state index contributed by atoms with van der Waals surface area (Å²) in [5.41, 5.74) is 4.70. The average Bonchev–Trinajstić information content (AvgIpc) is 3.17. The molecule has 1 amide bonds. The van der Waals surface area contributed by atoms with E-state index in [9.17, 15) is 13.6 Å². The Morgan fingerprint density at radius 3 is 2.71 bits per heavy atom. The molecule has 1 aromatic rings. The summed E-state index contributed by atoms with van der Waals surface area (Å²) in [5, 5.41) is 0. The number of halogens is 2. The SMILES string of the molecule is Nc1ccc(F)c(C(=O)N(CC2CCOC2)C2CC2)c1F. The van der Waals surface area contributed by atoms with Gasteiger partial charge < -0.3 is 15.4 Å². The van der Waals surface area contributed by atoms with Crippen LogP contribution in [0.3, 0.4) is 0 Å². The van der Waals surface area contributed by atoms with E-state index in [2.05, 4.69) is 0 Å². The third-order valence-corrected chi connectivity index (χ3v) is 4.06. The van der Waals surface area contributed by atoms with E-state index in [1.165, 1.54) is 0 Å². The second kappa shape index (κ2) is 5.60. The summed E-state index contributed by atoms with van der Waals surface area (Å²) < 4.78 is 33.2. The van der Waals surface area contributed by atoms with Crippen LogP contribution in [0.2, 0.25) is 0 Å². The first-order chi connectivity index (χ1) is 10.1. The molecule has 3 rings (SSSR count). The highest BCUT2D eigenvalue weighted by atomic mass is 19.1. The van der Waals surface area contributed by atoms with E-state index in [4.69, 9.17) is 10.5 Å². The molecule has 4 nitrogen and oxygen atoms in total. The van der Waals surface area contributed by atoms with Crippen LogP contribution in [0.25, 0.3) is 0 Å². The molecule has 1 aromatic carbocycles. The minimum absolute atomic E-state index is 0.0818. The lowest BCUT2D eigenvalue weighted by Gasteiger charge is -2.25. The highest BCUT2D eigenvalue weighted by Crippen LogP contribution is 2.32. The molecule has 0 aromatic heterocycles. The number of anilines is 1. The number of carbonyl (C=O) groups is 1. The van der Waals surface area contributed by atoms with Gasteiger partial charge in [0.25, 0.3) is 5.91 Å². The van der Waals surface area contributed by atoms with E-state index in [0.717, 1.165) is 31.4 Å². The Hall–Kier alpha value is -1.69. The van der Waals surface area contributed by atoms with Gasteiger partial charge in [0.15, 0.2) is 5.82 Å². The number of hydrogen-bond donors (Lipinski definition) is 1. The van der Waals surface area contributed by atoms with Crippen LogP contribution in [0.5, 0.6) is 0 Å². The van der Waals surface area contributed by atoms with Crippen molar-refractivity contribution in [1.29, 1.82) is 0 Å². The van der Waals surface area contributed by atoms with Crippen molar-refractivity contribution in [3.05, 3.63) is 29.3 Å². The summed E-state index contributed by atoms with van der Waals surface area (Å²) in [6.45, 7) is 1.76. The van der Waals surface area contributed by atoms with Gasteiger partial charge in [-0.05, 0) is 31.4 Å². The van der Waals surface area contributed by atoms with Gasteiger partial charge in [-0.15, -0.1) is 0 Å². The number of hydrogen-bond acceptors (Lipinski definition) is 3. The summed E-state index contributed by atoms with van der Waals surface area (Å²) in [6, 6.07) is 2.25. The van der Waals surface area contributed by atoms with Gasteiger partial charge in [-0.2, -0.15) is 0 Å². The third-order valence-electron chi connectivity index (χ3n) is 4.06. The molecule has 114 valence electrons. The van der Waals surface area contributed by atoms with E-state index in [1.807, 2.05) is 0 Å². The molecule has 0 bridgehead atoms. The lowest BCUT2D eigenvalue weighted by molar-refractivity contribution is 0.0696. The van der Waals surface area contributed by atoms with Gasteiger partial charge in [-0.3, -0.25) is 4.79 Å². The van der Waals surface area contributed by atoms with Crippen molar-refractivity contribution in [2.75, 3.05) is 25.5 Å². The molecule has 2 N–H and O–H groups in total. The van der Waals surface area contributed by atoms with E-state index in [-0.39, 0.29) is 17.6 Å². The highest BCUT2D eigenvalue weighted by Gasteiger charge is 2.37. The van der Waals surface area contributed by atoms with Crippen molar-refractivity contribution in [2.24, 2.45) is 5.92 Å². The zero-order valence-corrected chi connectivity index (χ0v) is 11.6. The summed E-state index contributed by atoms with van der Waals surface area (Å²) in [7, 11) is 0. The van der Waals surface area contributed by atoms with Crippen LogP contribution in [0.15, 0.2) is 12.1 Å². The Kier molecular flexibility index (Phi) is 3.80. The average molecular weight is 296 g/mol. The van der Waals surface area contributed by atoms with E-state index < -0.39 is 23.1 Å². The number of nitrogen functional groups attached to an aromatic ring is 1. The van der Waals surface area contributed by atoms with Gasteiger partial charge in [-0.1, -0.05) is 0 Å². The molecule has 1 aliphatic heterocycles. The molecule has 2 aliphatic rings. The summed E-state index contributed by atoms with van der Waals surface area (Å²) >= 11 is 0. The number of amides is 1. The standard InChI is InChI=1S/C15H18F2N2O2/c16-11-3-4-12(18)14(17)13(11)15(20)19(10-1-2-10)7-9-5-6-21-8-9/h3-4,9-10H,1-2,5-8,18H2. The molecule has 21 heavy (non-hydrogen) atoms. The van der Waals surface area contributed by atoms with Crippen molar-refractivity contribution in [2.45, 2.75) is 25.3 Å². The molecule has 1 unspecified atom stereocenters. The second-order valence-corrected chi connectivity index (χ2v) is 5.74. The van der Waals surface area contributed by atoms with Crippen molar-refractivity contribution in [3.8, 4) is 0 Å². The molecule has 1 saturated carbocycles. The van der Waals surface area contributed by atoms with Gasteiger partial charge >= 0.3 is 0 Å². The third kappa shape index (κ3) is 2.85. The van der Waals surface area contributed by atoms with E-state index in [1.54, 1.807) is 4.90 Å². The molecule has 2 fully saturated rings. The molecular weight excluding hydrogens is 278 g/mol. The maximum Gasteiger partial charge on any atom is 0.260 e. The summed E-state index contributed by atoms with van der Waals surface area (Å²) in [6.07, 6.45) is 2.63. The summed E-state index contributed by atoms with van der Waals surface area (Å²) in [5.74, 6) is -2.19. The maximum atomic E-state index is 14.0. The van der Waals surface area contributed by atoms with E-state index in [0.29, 0.717) is 19.8 Å². The van der Waals surface area contributed by atoms with Crippen LogP contribution >= 0.6 is 0 Å². The zero-order chi connectivity index (χ0) is 15.0. The number of benzene rings is 1. The predicted molar refractivity (Wildman–Crippen MR) is 73.8 cm³/mol. The number of rotatable bonds is 4. The van der Waals surface area contributed by atoms with Crippen molar-refractivity contribution in [1.82, 2.24) is 4.90 Å². The monoisotopic (exact) mass is 296 g/mol. The minimum Gasteiger partial charge on any atom is -0.396 e. The van der Waals surface area contributed by atoms with Crippen LogP contribution in [0, 0.1) is 17.6 Å². The van der Waals surface area contributed by atoms with Gasteiger partial charge in [0, 0.05) is 25.1 Å². The summed E-state index contributed by atoms with van der Waals surface area (Å²) in [4.78, 5) is 14.1. The molecule has 0 spiro atoms. The first-order valence-electron chi connectivity index (χ1n) is 7.20. The Morgan fingerprint density at radius 2 is 2.10 bits per heavy atom. The lowest BCUT2D eigenvalue weighted by atomic mass is 10.1. The number of nitrogens with zero attached hydrogens (tertiary/aromatic N) is 1. The minimum atomic E-state index is -0.965. The van der Waals surface area contributed by atoms with Crippen LogP contribution < -0.4 is 5.73 Å².